The number of nitrogens with zero attached hydrogens (tertiary/aromatic N) is 2. The average Bonchev–Trinajstić information content (AvgIpc) is 2.38. The fourth-order valence-corrected chi connectivity index (χ4v) is 1.94. The quantitative estimate of drug-likeness (QED) is 0.923. The molecule has 0 amide bonds. The number of aliphatic hydroxyl groups is 1. The second-order valence-corrected chi connectivity index (χ2v) is 4.81. The van der Waals surface area contributed by atoms with E-state index in [1.54, 1.807) is 0 Å². The molecule has 2 aromatic rings. The molecule has 3 nitrogen and oxygen atoms in total. The molecule has 0 bridgehead atoms. The molecule has 1 aromatic carbocycles. The van der Waals surface area contributed by atoms with Gasteiger partial charge in [0.25, 0.3) is 0 Å². The first kappa shape index (κ1) is 13.0. The summed E-state index contributed by atoms with van der Waals surface area (Å²) in [6.07, 6.45) is 2.18. The normalized spacial score (nSPS) is 12.7. The minimum absolute atomic E-state index is 0.234. The van der Waals surface area contributed by atoms with E-state index in [0.717, 1.165) is 5.56 Å². The molecule has 1 atom stereocenters. The van der Waals surface area contributed by atoms with Crippen molar-refractivity contribution in [2.75, 3.05) is 0 Å². The molecule has 2 rings (SSSR count). The molecule has 1 N–H and O–H groups in total. The van der Waals surface area contributed by atoms with Crippen molar-refractivity contribution in [2.24, 2.45) is 0 Å². The number of halogens is 1. The van der Waals surface area contributed by atoms with Crippen LogP contribution in [0.3, 0.4) is 0 Å². The van der Waals surface area contributed by atoms with Crippen molar-refractivity contribution in [2.45, 2.75) is 25.9 Å². The van der Waals surface area contributed by atoms with Gasteiger partial charge in [-0.25, -0.2) is 4.98 Å². The Morgan fingerprint density at radius 3 is 2.11 bits per heavy atom. The van der Waals surface area contributed by atoms with Crippen LogP contribution in [0.4, 0.5) is 0 Å². The number of aromatic nitrogens is 2. The molecule has 1 aromatic heterocycles. The molecule has 1 unspecified atom stereocenters. The SMILES string of the molecule is CC(C)c1ccc(C(O)c2nccnc2Cl)cc1. The molecule has 0 aliphatic carbocycles. The van der Waals surface area contributed by atoms with Crippen LogP contribution in [0, 0.1) is 0 Å². The Hall–Kier alpha value is -1.45. The zero-order valence-electron chi connectivity index (χ0n) is 10.3. The second kappa shape index (κ2) is 5.46. The zero-order chi connectivity index (χ0) is 13.1. The molecule has 4 heteroatoms. The highest BCUT2D eigenvalue weighted by Gasteiger charge is 2.16. The maximum Gasteiger partial charge on any atom is 0.153 e. The Labute approximate surface area is 111 Å². The highest BCUT2D eigenvalue weighted by molar-refractivity contribution is 6.30. The van der Waals surface area contributed by atoms with Gasteiger partial charge in [0, 0.05) is 12.4 Å². The standard InChI is InChI=1S/C14H15ClN2O/c1-9(2)10-3-5-11(6-4-10)13(18)12-14(15)17-8-7-16-12/h3-9,13,18H,1-2H3. The van der Waals surface area contributed by atoms with Crippen LogP contribution in [0.15, 0.2) is 36.7 Å². The van der Waals surface area contributed by atoms with Crippen LogP contribution >= 0.6 is 11.6 Å². The lowest BCUT2D eigenvalue weighted by atomic mass is 9.99. The molecule has 0 saturated heterocycles. The van der Waals surface area contributed by atoms with E-state index in [4.69, 9.17) is 11.6 Å². The van der Waals surface area contributed by atoms with E-state index in [9.17, 15) is 5.11 Å². The maximum atomic E-state index is 10.2. The number of rotatable bonds is 3. The van der Waals surface area contributed by atoms with Gasteiger partial charge in [0.05, 0.1) is 0 Å². The van der Waals surface area contributed by atoms with Crippen molar-refractivity contribution in [3.63, 3.8) is 0 Å². The van der Waals surface area contributed by atoms with Crippen molar-refractivity contribution in [1.29, 1.82) is 0 Å². The van der Waals surface area contributed by atoms with Crippen molar-refractivity contribution < 1.29 is 5.11 Å². The van der Waals surface area contributed by atoms with Gasteiger partial charge in [0.1, 0.15) is 11.8 Å². The zero-order valence-corrected chi connectivity index (χ0v) is 11.1. The van der Waals surface area contributed by atoms with Gasteiger partial charge in [-0.3, -0.25) is 4.98 Å². The molecule has 0 saturated carbocycles. The largest absolute Gasteiger partial charge is 0.382 e. The number of aliphatic hydroxyl groups excluding tert-OH is 1. The molecule has 0 spiro atoms. The summed E-state index contributed by atoms with van der Waals surface area (Å²) in [5.74, 6) is 0.469. The van der Waals surface area contributed by atoms with E-state index in [-0.39, 0.29) is 5.15 Å². The van der Waals surface area contributed by atoms with Gasteiger partial charge in [-0.05, 0) is 17.0 Å². The first-order chi connectivity index (χ1) is 8.59. The van der Waals surface area contributed by atoms with E-state index >= 15 is 0 Å². The molecule has 0 fully saturated rings. The van der Waals surface area contributed by atoms with E-state index in [1.165, 1.54) is 18.0 Å². The van der Waals surface area contributed by atoms with Crippen LogP contribution in [0.1, 0.15) is 42.7 Å². The summed E-state index contributed by atoms with van der Waals surface area (Å²) in [5.41, 5.74) is 2.38. The Balaban J connectivity index is 2.29. The van der Waals surface area contributed by atoms with Gasteiger partial charge in [0.15, 0.2) is 5.15 Å². The number of benzene rings is 1. The Morgan fingerprint density at radius 2 is 1.56 bits per heavy atom. The molecule has 0 aliphatic heterocycles. The second-order valence-electron chi connectivity index (χ2n) is 4.46. The van der Waals surface area contributed by atoms with E-state index in [0.29, 0.717) is 11.6 Å². The summed E-state index contributed by atoms with van der Waals surface area (Å²) < 4.78 is 0. The van der Waals surface area contributed by atoms with E-state index in [1.807, 2.05) is 24.3 Å². The summed E-state index contributed by atoms with van der Waals surface area (Å²) in [6.45, 7) is 4.26. The van der Waals surface area contributed by atoms with Crippen molar-refractivity contribution in [3.8, 4) is 0 Å². The summed E-state index contributed by atoms with van der Waals surface area (Å²) in [4.78, 5) is 7.98. The monoisotopic (exact) mass is 262 g/mol. The minimum Gasteiger partial charge on any atom is -0.382 e. The van der Waals surface area contributed by atoms with Crippen LogP contribution in [0.25, 0.3) is 0 Å². The molecule has 0 aliphatic rings. The van der Waals surface area contributed by atoms with E-state index < -0.39 is 6.10 Å². The third-order valence-corrected chi connectivity index (χ3v) is 3.15. The highest BCUT2D eigenvalue weighted by atomic mass is 35.5. The topological polar surface area (TPSA) is 46.0 Å². The predicted molar refractivity (Wildman–Crippen MR) is 71.6 cm³/mol. The Morgan fingerprint density at radius 1 is 1.00 bits per heavy atom. The van der Waals surface area contributed by atoms with Gasteiger partial charge < -0.3 is 5.11 Å². The van der Waals surface area contributed by atoms with Crippen molar-refractivity contribution >= 4 is 11.6 Å². The minimum atomic E-state index is -0.840. The molecule has 0 radical (unpaired) electrons. The van der Waals surface area contributed by atoms with Crippen LogP contribution < -0.4 is 0 Å². The van der Waals surface area contributed by atoms with Crippen LogP contribution in [-0.2, 0) is 0 Å². The predicted octanol–water partition coefficient (Wildman–Crippen LogP) is 3.34. The van der Waals surface area contributed by atoms with Crippen LogP contribution in [0.2, 0.25) is 5.15 Å². The molecular formula is C14H15ClN2O. The lowest BCUT2D eigenvalue weighted by molar-refractivity contribution is 0.215. The van der Waals surface area contributed by atoms with Crippen LogP contribution in [-0.4, -0.2) is 15.1 Å². The van der Waals surface area contributed by atoms with Crippen LogP contribution in [0.5, 0.6) is 0 Å². The lowest BCUT2D eigenvalue weighted by Gasteiger charge is -2.12. The summed E-state index contributed by atoms with van der Waals surface area (Å²) in [7, 11) is 0. The lowest BCUT2D eigenvalue weighted by Crippen LogP contribution is -2.04. The highest BCUT2D eigenvalue weighted by Crippen LogP contribution is 2.26. The van der Waals surface area contributed by atoms with Gasteiger partial charge >= 0.3 is 0 Å². The summed E-state index contributed by atoms with van der Waals surface area (Å²) >= 11 is 5.92. The summed E-state index contributed by atoms with van der Waals surface area (Å²) in [6, 6.07) is 7.80. The smallest absolute Gasteiger partial charge is 0.153 e. The molecule has 1 heterocycles. The first-order valence-corrected chi connectivity index (χ1v) is 6.21. The third-order valence-electron chi connectivity index (χ3n) is 2.86. The van der Waals surface area contributed by atoms with Crippen molar-refractivity contribution in [1.82, 2.24) is 9.97 Å². The number of hydrogen-bond acceptors (Lipinski definition) is 3. The summed E-state index contributed by atoms with van der Waals surface area (Å²) in [5, 5.41) is 10.4. The fourth-order valence-electron chi connectivity index (χ4n) is 1.74. The van der Waals surface area contributed by atoms with Gasteiger partial charge in [-0.15, -0.1) is 0 Å². The Kier molecular flexibility index (Phi) is 3.94. The van der Waals surface area contributed by atoms with Gasteiger partial charge in [-0.2, -0.15) is 0 Å². The fraction of sp³-hybridized carbons (Fsp3) is 0.286. The molecular weight excluding hydrogens is 248 g/mol. The third kappa shape index (κ3) is 2.68. The molecule has 18 heavy (non-hydrogen) atoms. The Bertz CT molecular complexity index is 526. The van der Waals surface area contributed by atoms with Gasteiger partial charge in [0.2, 0.25) is 0 Å². The molecule has 94 valence electrons. The average molecular weight is 263 g/mol. The first-order valence-electron chi connectivity index (χ1n) is 5.84. The maximum absolute atomic E-state index is 10.2. The number of hydrogen-bond donors (Lipinski definition) is 1. The van der Waals surface area contributed by atoms with E-state index in [2.05, 4.69) is 23.8 Å². The van der Waals surface area contributed by atoms with Gasteiger partial charge in [-0.1, -0.05) is 49.7 Å². The van der Waals surface area contributed by atoms with Crippen molar-refractivity contribution in [3.05, 3.63) is 58.6 Å².